The molecular weight excluding hydrogens is 422 g/mol. The highest BCUT2D eigenvalue weighted by Gasteiger charge is 2.51. The summed E-state index contributed by atoms with van der Waals surface area (Å²) in [6.07, 6.45) is 8.74. The summed E-state index contributed by atoms with van der Waals surface area (Å²) < 4.78 is 27.3. The van der Waals surface area contributed by atoms with Gasteiger partial charge in [-0.25, -0.2) is 8.42 Å². The maximum Gasteiger partial charge on any atom is 0.243 e. The van der Waals surface area contributed by atoms with Crippen LogP contribution in [-0.4, -0.2) is 62.8 Å². The number of carbonyl (C=O) groups is 1. The first kappa shape index (κ1) is 22.4. The Morgan fingerprint density at radius 3 is 2.09 bits per heavy atom. The molecule has 4 bridgehead atoms. The number of benzene rings is 1. The van der Waals surface area contributed by atoms with E-state index in [9.17, 15) is 13.2 Å². The van der Waals surface area contributed by atoms with Gasteiger partial charge in [-0.05, 0) is 80.8 Å². The van der Waals surface area contributed by atoms with E-state index in [1.54, 1.807) is 16.4 Å². The molecule has 1 aromatic rings. The van der Waals surface area contributed by atoms with Crippen LogP contribution in [0.4, 0.5) is 0 Å². The number of nitrogens with one attached hydrogen (secondary N) is 1. The zero-order valence-corrected chi connectivity index (χ0v) is 20.1. The number of aryl methyl sites for hydroxylation is 1. The van der Waals surface area contributed by atoms with Gasteiger partial charge in [0.1, 0.15) is 0 Å². The van der Waals surface area contributed by atoms with Gasteiger partial charge in [0.25, 0.3) is 0 Å². The molecule has 1 N–H and O–H groups in total. The third kappa shape index (κ3) is 4.62. The predicted molar refractivity (Wildman–Crippen MR) is 125 cm³/mol. The number of nitrogens with zero attached hydrogens (tertiary/aromatic N) is 2. The van der Waals surface area contributed by atoms with Crippen LogP contribution in [0, 0.1) is 30.1 Å². The van der Waals surface area contributed by atoms with Crippen molar-refractivity contribution in [1.29, 1.82) is 0 Å². The van der Waals surface area contributed by atoms with Crippen LogP contribution in [0.3, 0.4) is 0 Å². The van der Waals surface area contributed by atoms with Crippen molar-refractivity contribution in [1.82, 2.24) is 14.5 Å². The number of carbonyl (C=O) groups excluding carboxylic acids is 1. The average molecular weight is 460 g/mol. The Kier molecular flexibility index (Phi) is 6.10. The number of amides is 1. The Labute approximate surface area is 192 Å². The highest BCUT2D eigenvalue weighted by molar-refractivity contribution is 7.89. The molecule has 0 spiro atoms. The smallest absolute Gasteiger partial charge is 0.243 e. The Morgan fingerprint density at radius 2 is 1.53 bits per heavy atom. The molecule has 176 valence electrons. The average Bonchev–Trinajstić information content (AvgIpc) is 2.73. The third-order valence-corrected chi connectivity index (χ3v) is 10.4. The molecule has 7 heteroatoms. The van der Waals surface area contributed by atoms with Crippen LogP contribution in [0.2, 0.25) is 0 Å². The molecule has 5 aliphatic rings. The van der Waals surface area contributed by atoms with E-state index < -0.39 is 10.0 Å². The summed E-state index contributed by atoms with van der Waals surface area (Å²) in [4.78, 5) is 15.3. The molecule has 6 nitrogen and oxygen atoms in total. The molecule has 1 amide bonds. The van der Waals surface area contributed by atoms with Crippen molar-refractivity contribution in [3.8, 4) is 0 Å². The minimum Gasteiger partial charge on any atom is -0.355 e. The minimum atomic E-state index is -3.43. The second kappa shape index (κ2) is 8.73. The van der Waals surface area contributed by atoms with Gasteiger partial charge >= 0.3 is 0 Å². The minimum absolute atomic E-state index is 0.215. The first-order valence-corrected chi connectivity index (χ1v) is 13.8. The first-order valence-electron chi connectivity index (χ1n) is 12.4. The van der Waals surface area contributed by atoms with Crippen LogP contribution >= 0.6 is 0 Å². The maximum absolute atomic E-state index is 12.9. The third-order valence-electron chi connectivity index (χ3n) is 8.44. The van der Waals surface area contributed by atoms with Crippen LogP contribution in [-0.2, 0) is 14.8 Å². The quantitative estimate of drug-likeness (QED) is 0.681. The van der Waals surface area contributed by atoms with Crippen molar-refractivity contribution in [3.05, 3.63) is 29.8 Å². The number of hydrogen-bond acceptors (Lipinski definition) is 4. The maximum atomic E-state index is 12.9. The van der Waals surface area contributed by atoms with Crippen LogP contribution in [0.5, 0.6) is 0 Å². The monoisotopic (exact) mass is 459 g/mol. The number of hydrogen-bond donors (Lipinski definition) is 1. The largest absolute Gasteiger partial charge is 0.355 e. The highest BCUT2D eigenvalue weighted by Crippen LogP contribution is 2.61. The molecule has 4 aliphatic carbocycles. The Morgan fingerprint density at radius 1 is 0.969 bits per heavy atom. The number of rotatable bonds is 7. The fourth-order valence-electron chi connectivity index (χ4n) is 7.32. The number of sulfonamides is 1. The van der Waals surface area contributed by atoms with Crippen molar-refractivity contribution in [3.63, 3.8) is 0 Å². The van der Waals surface area contributed by atoms with Gasteiger partial charge in [-0.2, -0.15) is 4.31 Å². The normalized spacial score (nSPS) is 32.8. The van der Waals surface area contributed by atoms with E-state index in [1.807, 2.05) is 19.1 Å². The molecule has 32 heavy (non-hydrogen) atoms. The molecule has 1 heterocycles. The second-order valence-corrected chi connectivity index (χ2v) is 12.9. The van der Waals surface area contributed by atoms with E-state index in [4.69, 9.17) is 0 Å². The lowest BCUT2D eigenvalue weighted by Gasteiger charge is -2.56. The molecule has 6 rings (SSSR count). The van der Waals surface area contributed by atoms with E-state index in [2.05, 4.69) is 10.2 Å². The van der Waals surface area contributed by atoms with E-state index in [0.29, 0.717) is 44.0 Å². The SMILES string of the molecule is Cc1ccc(S(=O)(=O)N2CCN(CCNC(=O)CC34CC5CC(CC(C5)C3)C4)CC2)cc1. The molecular formula is C25H37N3O3S. The van der Waals surface area contributed by atoms with E-state index in [0.717, 1.165) is 29.9 Å². The summed E-state index contributed by atoms with van der Waals surface area (Å²) in [7, 11) is -3.43. The lowest BCUT2D eigenvalue weighted by Crippen LogP contribution is -2.50. The van der Waals surface area contributed by atoms with Crippen molar-refractivity contribution >= 4 is 15.9 Å². The molecule has 0 radical (unpaired) electrons. The molecule has 1 aromatic carbocycles. The Balaban J connectivity index is 1.05. The van der Waals surface area contributed by atoms with Gasteiger partial charge in [0.15, 0.2) is 0 Å². The van der Waals surface area contributed by atoms with E-state index >= 15 is 0 Å². The Bertz CT molecular complexity index is 900. The zero-order chi connectivity index (χ0) is 22.3. The van der Waals surface area contributed by atoms with Crippen LogP contribution in [0.15, 0.2) is 29.2 Å². The lowest BCUT2D eigenvalue weighted by atomic mass is 9.49. The van der Waals surface area contributed by atoms with Gasteiger partial charge in [-0.1, -0.05) is 17.7 Å². The molecule has 0 unspecified atom stereocenters. The molecule has 0 atom stereocenters. The summed E-state index contributed by atoms with van der Waals surface area (Å²) in [5.41, 5.74) is 1.34. The lowest BCUT2D eigenvalue weighted by molar-refractivity contribution is -0.129. The molecule has 5 fully saturated rings. The first-order chi connectivity index (χ1) is 15.3. The fraction of sp³-hybridized carbons (Fsp3) is 0.720. The van der Waals surface area contributed by atoms with Crippen molar-refractivity contribution in [2.45, 2.75) is 56.8 Å². The zero-order valence-electron chi connectivity index (χ0n) is 19.3. The summed E-state index contributed by atoms with van der Waals surface area (Å²) >= 11 is 0. The molecule has 1 aliphatic heterocycles. The standard InChI is InChI=1S/C25H37N3O3S/c1-19-2-4-23(5-3-19)32(30,31)28-10-8-27(9-11-28)7-6-26-24(29)18-25-15-20-12-21(16-25)14-22(13-20)17-25/h2-5,20-22H,6-18H2,1H3,(H,26,29). The number of piperazine rings is 1. The topological polar surface area (TPSA) is 69.7 Å². The molecule has 4 saturated carbocycles. The van der Waals surface area contributed by atoms with Gasteiger partial charge in [-0.15, -0.1) is 0 Å². The fourth-order valence-corrected chi connectivity index (χ4v) is 8.74. The molecule has 0 aromatic heterocycles. The summed E-state index contributed by atoms with van der Waals surface area (Å²) in [6.45, 7) is 5.79. The van der Waals surface area contributed by atoms with Crippen LogP contribution in [0.25, 0.3) is 0 Å². The highest BCUT2D eigenvalue weighted by atomic mass is 32.2. The van der Waals surface area contributed by atoms with Crippen molar-refractivity contribution in [2.75, 3.05) is 39.3 Å². The predicted octanol–water partition coefficient (Wildman–Crippen LogP) is 3.02. The summed E-state index contributed by atoms with van der Waals surface area (Å²) in [5, 5.41) is 3.17. The van der Waals surface area contributed by atoms with Crippen LogP contribution in [0.1, 0.15) is 50.5 Å². The van der Waals surface area contributed by atoms with Gasteiger partial charge in [-0.3, -0.25) is 9.69 Å². The van der Waals surface area contributed by atoms with Crippen molar-refractivity contribution in [2.24, 2.45) is 23.2 Å². The van der Waals surface area contributed by atoms with Crippen molar-refractivity contribution < 1.29 is 13.2 Å². The van der Waals surface area contributed by atoms with Gasteiger partial charge in [0.2, 0.25) is 15.9 Å². The molecule has 1 saturated heterocycles. The van der Waals surface area contributed by atoms with Gasteiger partial charge in [0.05, 0.1) is 4.90 Å². The Hall–Kier alpha value is -1.44. The summed E-state index contributed by atoms with van der Waals surface area (Å²) in [6, 6.07) is 7.07. The van der Waals surface area contributed by atoms with Gasteiger partial charge in [0, 0.05) is 45.7 Å². The van der Waals surface area contributed by atoms with Crippen LogP contribution < -0.4 is 5.32 Å². The summed E-state index contributed by atoms with van der Waals surface area (Å²) in [5.74, 6) is 2.84. The van der Waals surface area contributed by atoms with Gasteiger partial charge < -0.3 is 5.32 Å². The van der Waals surface area contributed by atoms with E-state index in [-0.39, 0.29) is 11.3 Å². The second-order valence-electron chi connectivity index (χ2n) is 11.0. The van der Waals surface area contributed by atoms with E-state index in [1.165, 1.54) is 38.5 Å².